The zero-order valence-corrected chi connectivity index (χ0v) is 17.2. The van der Waals surface area contributed by atoms with Gasteiger partial charge < -0.3 is 9.38 Å². The average molecular weight is 362 g/mol. The number of hydrogen-bond acceptors (Lipinski definition) is 1. The maximum Gasteiger partial charge on any atom is 0.196 e. The fourth-order valence-electron chi connectivity index (χ4n) is 2.97. The summed E-state index contributed by atoms with van der Waals surface area (Å²) in [5, 5.41) is 2.55. The quantitative estimate of drug-likeness (QED) is 0.474. The van der Waals surface area contributed by atoms with Gasteiger partial charge in [0.2, 0.25) is 0 Å². The molecule has 3 rings (SSSR count). The molecule has 0 N–H and O–H groups in total. The third kappa shape index (κ3) is 5.41. The van der Waals surface area contributed by atoms with E-state index in [1.165, 1.54) is 27.6 Å². The third-order valence-corrected chi connectivity index (χ3v) is 4.78. The number of hydrogen-bond donors (Lipinski definition) is 0. The van der Waals surface area contributed by atoms with Gasteiger partial charge in [-0.25, -0.2) is 0 Å². The highest BCUT2D eigenvalue weighted by Crippen LogP contribution is 2.22. The Morgan fingerprint density at radius 2 is 1.44 bits per heavy atom. The molecule has 2 aromatic carbocycles. The molecule has 27 heavy (non-hydrogen) atoms. The molecule has 0 saturated carbocycles. The van der Waals surface area contributed by atoms with Gasteiger partial charge in [0.1, 0.15) is 6.54 Å². The minimum absolute atomic E-state index is 0.979. The normalized spacial score (nSPS) is 12.0. The Labute approximate surface area is 163 Å². The van der Waals surface area contributed by atoms with Crippen molar-refractivity contribution in [2.75, 3.05) is 46.7 Å². The lowest BCUT2D eigenvalue weighted by molar-refractivity contribution is -0.892. The largest absolute Gasteiger partial charge is 0.378 e. The minimum Gasteiger partial charge on any atom is -0.378 e. The van der Waals surface area contributed by atoms with Crippen LogP contribution in [-0.4, -0.2) is 46.3 Å². The zero-order chi connectivity index (χ0) is 19.4. The minimum atomic E-state index is 0.979. The molecule has 3 aromatic rings. The number of fused-ring (bicyclic) bond motifs is 1. The highest BCUT2D eigenvalue weighted by Gasteiger charge is 2.10. The molecule has 0 bridgehead atoms. The van der Waals surface area contributed by atoms with Crippen LogP contribution < -0.4 is 9.47 Å². The van der Waals surface area contributed by atoms with E-state index in [0.29, 0.717) is 0 Å². The van der Waals surface area contributed by atoms with Crippen molar-refractivity contribution in [1.29, 1.82) is 0 Å². The second-order valence-corrected chi connectivity index (χ2v) is 8.40. The van der Waals surface area contributed by atoms with E-state index in [-0.39, 0.29) is 0 Å². The Kier molecular flexibility index (Phi) is 5.62. The number of pyridine rings is 1. The molecule has 0 aliphatic carbocycles. The van der Waals surface area contributed by atoms with Crippen LogP contribution >= 0.6 is 0 Å². The van der Waals surface area contributed by atoms with Crippen molar-refractivity contribution in [3.05, 3.63) is 72.1 Å². The molecule has 0 aliphatic rings. The molecule has 0 amide bonds. The van der Waals surface area contributed by atoms with Crippen molar-refractivity contribution in [1.82, 2.24) is 0 Å². The molecule has 1 aromatic heterocycles. The Bertz CT molecular complexity index is 932. The first-order valence-electron chi connectivity index (χ1n) is 9.49. The van der Waals surface area contributed by atoms with Crippen LogP contribution in [0.15, 0.2) is 60.9 Å². The molecular weight excluding hydrogens is 330 g/mol. The van der Waals surface area contributed by atoms with Gasteiger partial charge in [-0.2, -0.15) is 4.57 Å². The summed E-state index contributed by atoms with van der Waals surface area (Å²) in [4.78, 5) is 2.13. The SMILES string of the molecule is CN(C)c1ccc2cc(/C=C/c3cc[n+](CC[N+](C)(C)C)cc3)ccc2c1. The first kappa shape index (κ1) is 19.1. The van der Waals surface area contributed by atoms with Crippen LogP contribution in [0.5, 0.6) is 0 Å². The van der Waals surface area contributed by atoms with Crippen molar-refractivity contribution in [3.8, 4) is 0 Å². The van der Waals surface area contributed by atoms with E-state index in [4.69, 9.17) is 0 Å². The van der Waals surface area contributed by atoms with Gasteiger partial charge in [-0.3, -0.25) is 0 Å². The summed E-state index contributed by atoms with van der Waals surface area (Å²) >= 11 is 0. The molecule has 0 aliphatic heterocycles. The molecule has 1 heterocycles. The van der Waals surface area contributed by atoms with Crippen LogP contribution in [0.1, 0.15) is 11.1 Å². The average Bonchev–Trinajstić information content (AvgIpc) is 2.64. The summed E-state index contributed by atoms with van der Waals surface area (Å²) in [6.45, 7) is 2.15. The molecule has 3 nitrogen and oxygen atoms in total. The van der Waals surface area contributed by atoms with E-state index in [1.807, 2.05) is 0 Å². The number of benzene rings is 2. The Hall–Kier alpha value is -2.65. The topological polar surface area (TPSA) is 7.12 Å². The smallest absolute Gasteiger partial charge is 0.196 e. The summed E-state index contributed by atoms with van der Waals surface area (Å²) < 4.78 is 3.23. The van der Waals surface area contributed by atoms with Crippen LogP contribution in [0.3, 0.4) is 0 Å². The van der Waals surface area contributed by atoms with Crippen molar-refractivity contribution in [2.24, 2.45) is 0 Å². The highest BCUT2D eigenvalue weighted by atomic mass is 15.3. The van der Waals surface area contributed by atoms with Gasteiger partial charge in [0, 0.05) is 31.9 Å². The second-order valence-electron chi connectivity index (χ2n) is 8.40. The van der Waals surface area contributed by atoms with Gasteiger partial charge in [-0.15, -0.1) is 0 Å². The first-order chi connectivity index (χ1) is 12.8. The van der Waals surface area contributed by atoms with Crippen LogP contribution in [0, 0.1) is 0 Å². The Morgan fingerprint density at radius 1 is 0.815 bits per heavy atom. The van der Waals surface area contributed by atoms with Crippen LogP contribution in [0.25, 0.3) is 22.9 Å². The van der Waals surface area contributed by atoms with E-state index in [9.17, 15) is 0 Å². The number of likely N-dealkylation sites (N-methyl/N-ethyl adjacent to an activating group) is 1. The molecule has 0 unspecified atom stereocenters. The molecule has 0 spiro atoms. The monoisotopic (exact) mass is 361 g/mol. The van der Waals surface area contributed by atoms with Crippen LogP contribution in [-0.2, 0) is 6.54 Å². The molecule has 0 atom stereocenters. The van der Waals surface area contributed by atoms with E-state index in [2.05, 4.69) is 118 Å². The maximum atomic E-state index is 2.25. The van der Waals surface area contributed by atoms with Gasteiger partial charge in [-0.05, 0) is 40.1 Å². The van der Waals surface area contributed by atoms with Gasteiger partial charge in [0.05, 0.1) is 21.1 Å². The van der Waals surface area contributed by atoms with Crippen LogP contribution in [0.2, 0.25) is 0 Å². The predicted octanol–water partition coefficient (Wildman–Crippen LogP) is 4.07. The van der Waals surface area contributed by atoms with E-state index < -0.39 is 0 Å². The summed E-state index contributed by atoms with van der Waals surface area (Å²) in [6, 6.07) is 17.6. The fraction of sp³-hybridized carbons (Fsp3) is 0.292. The third-order valence-electron chi connectivity index (χ3n) is 4.78. The van der Waals surface area contributed by atoms with Crippen molar-refractivity contribution in [2.45, 2.75) is 6.54 Å². The lowest BCUT2D eigenvalue weighted by Gasteiger charge is -2.21. The summed E-state index contributed by atoms with van der Waals surface area (Å²) in [5.41, 5.74) is 3.68. The van der Waals surface area contributed by atoms with Crippen molar-refractivity contribution >= 4 is 28.6 Å². The highest BCUT2D eigenvalue weighted by molar-refractivity contribution is 5.88. The van der Waals surface area contributed by atoms with E-state index in [1.54, 1.807) is 0 Å². The summed E-state index contributed by atoms with van der Waals surface area (Å²) in [6.07, 6.45) is 8.70. The van der Waals surface area contributed by atoms with Gasteiger partial charge in [0.25, 0.3) is 0 Å². The van der Waals surface area contributed by atoms with Gasteiger partial charge >= 0.3 is 0 Å². The summed E-state index contributed by atoms with van der Waals surface area (Å²) in [5.74, 6) is 0. The maximum absolute atomic E-state index is 2.25. The number of aromatic nitrogens is 1. The van der Waals surface area contributed by atoms with E-state index in [0.717, 1.165) is 17.6 Å². The Morgan fingerprint density at radius 3 is 2.11 bits per heavy atom. The Balaban J connectivity index is 1.71. The molecule has 0 fully saturated rings. The first-order valence-corrected chi connectivity index (χ1v) is 9.49. The molecule has 3 heteroatoms. The lowest BCUT2D eigenvalue weighted by atomic mass is 10.1. The zero-order valence-electron chi connectivity index (χ0n) is 17.2. The van der Waals surface area contributed by atoms with E-state index >= 15 is 0 Å². The number of quaternary nitrogens is 1. The summed E-state index contributed by atoms with van der Waals surface area (Å²) in [7, 11) is 10.8. The van der Waals surface area contributed by atoms with Crippen LogP contribution in [0.4, 0.5) is 5.69 Å². The van der Waals surface area contributed by atoms with Gasteiger partial charge in [0.15, 0.2) is 18.9 Å². The number of anilines is 1. The second kappa shape index (κ2) is 7.93. The molecule has 0 radical (unpaired) electrons. The lowest BCUT2D eigenvalue weighted by Crippen LogP contribution is -2.45. The fourth-order valence-corrected chi connectivity index (χ4v) is 2.97. The number of rotatable bonds is 6. The molecule has 140 valence electrons. The number of nitrogens with zero attached hydrogens (tertiary/aromatic N) is 3. The standard InChI is InChI=1S/C24H31N3/c1-25(2)24-11-10-22-18-21(8-9-23(22)19-24)7-6-20-12-14-26(15-13-20)16-17-27(3,4)5/h6-15,18-19H,16-17H2,1-5H3/q+2. The van der Waals surface area contributed by atoms with Crippen molar-refractivity contribution < 1.29 is 9.05 Å². The van der Waals surface area contributed by atoms with Crippen molar-refractivity contribution in [3.63, 3.8) is 0 Å². The molecule has 0 saturated heterocycles. The van der Waals surface area contributed by atoms with Gasteiger partial charge in [-0.1, -0.05) is 30.4 Å². The predicted molar refractivity (Wildman–Crippen MR) is 117 cm³/mol. The molecular formula is C24H31N3+2.